The molecule has 3 heterocycles. The minimum absolute atomic E-state index is 0.0452. The van der Waals surface area contributed by atoms with E-state index in [4.69, 9.17) is 4.74 Å². The average molecular weight is 459 g/mol. The second-order valence-corrected chi connectivity index (χ2v) is 9.94. The Hall–Kier alpha value is -2.98. The topological polar surface area (TPSA) is 128 Å². The fourth-order valence-electron chi connectivity index (χ4n) is 4.69. The Morgan fingerprint density at radius 2 is 1.88 bits per heavy atom. The Bertz CT molecular complexity index is 995. The normalized spacial score (nSPS) is 26.1. The molecule has 10 heteroatoms. The van der Waals surface area contributed by atoms with Crippen molar-refractivity contribution in [2.75, 3.05) is 18.4 Å². The number of rotatable bonds is 3. The lowest BCUT2D eigenvalue weighted by Gasteiger charge is -2.42. The van der Waals surface area contributed by atoms with Gasteiger partial charge in [-0.2, -0.15) is 0 Å². The molecule has 0 aliphatic carbocycles. The Labute approximate surface area is 192 Å². The molecule has 0 spiro atoms. The van der Waals surface area contributed by atoms with Crippen LogP contribution in [0.25, 0.3) is 0 Å². The Balaban J connectivity index is 1.44. The molecule has 4 amide bonds. The van der Waals surface area contributed by atoms with Gasteiger partial charge >= 0.3 is 12.0 Å². The van der Waals surface area contributed by atoms with Gasteiger partial charge in [-0.05, 0) is 45.7 Å². The van der Waals surface area contributed by atoms with Crippen molar-refractivity contribution in [2.24, 2.45) is 0 Å². The van der Waals surface area contributed by atoms with Crippen LogP contribution in [0.5, 0.6) is 0 Å². The molecule has 2 N–H and O–H groups in total. The maximum atomic E-state index is 13.6. The van der Waals surface area contributed by atoms with Gasteiger partial charge in [-0.25, -0.2) is 9.59 Å². The van der Waals surface area contributed by atoms with Crippen LogP contribution >= 0.6 is 0 Å². The number of hydrogen-bond donors (Lipinski definition) is 2. The number of piperidine rings is 2. The Kier molecular flexibility index (Phi) is 5.92. The van der Waals surface area contributed by atoms with Crippen molar-refractivity contribution in [2.45, 2.75) is 70.7 Å². The van der Waals surface area contributed by atoms with Crippen molar-refractivity contribution in [3.63, 3.8) is 0 Å². The number of nitrogens with zero attached hydrogens (tertiary/aromatic N) is 2. The number of anilines is 1. The van der Waals surface area contributed by atoms with E-state index in [1.165, 1.54) is 0 Å². The summed E-state index contributed by atoms with van der Waals surface area (Å²) < 4.78 is 4.14. The van der Waals surface area contributed by atoms with Gasteiger partial charge in [0.05, 0.1) is 5.56 Å². The molecule has 2 saturated heterocycles. The van der Waals surface area contributed by atoms with E-state index < -0.39 is 34.0 Å². The fourth-order valence-corrected chi connectivity index (χ4v) is 4.69. The first-order valence-corrected chi connectivity index (χ1v) is 11.3. The summed E-state index contributed by atoms with van der Waals surface area (Å²) >= 11 is 0. The maximum absolute atomic E-state index is 13.6. The minimum Gasteiger partial charge on any atom is -0.624 e. The Morgan fingerprint density at radius 1 is 1.18 bits per heavy atom. The lowest BCUT2D eigenvalue weighted by atomic mass is 10.0. The maximum Gasteiger partial charge on any atom is 0.410 e. The lowest BCUT2D eigenvalue weighted by Crippen LogP contribution is -2.60. The largest absolute Gasteiger partial charge is 0.624 e. The molecule has 0 bridgehead atoms. The van der Waals surface area contributed by atoms with Gasteiger partial charge in [0, 0.05) is 43.2 Å². The van der Waals surface area contributed by atoms with Crippen LogP contribution in [-0.2, 0) is 20.9 Å². The summed E-state index contributed by atoms with van der Waals surface area (Å²) in [5.74, 6) is -1.76. The number of likely N-dealkylation sites (tertiary alicyclic amines) is 1. The number of nitrogens with one attached hydrogen (secondary N) is 2. The van der Waals surface area contributed by atoms with Gasteiger partial charge in [0.15, 0.2) is 6.04 Å². The van der Waals surface area contributed by atoms with E-state index in [2.05, 4.69) is 10.6 Å². The van der Waals surface area contributed by atoms with Crippen LogP contribution in [0.3, 0.4) is 0 Å². The van der Waals surface area contributed by atoms with E-state index in [1.54, 1.807) is 17.0 Å². The molecule has 3 aliphatic rings. The van der Waals surface area contributed by atoms with Gasteiger partial charge in [0.1, 0.15) is 12.1 Å². The molecule has 1 aromatic carbocycles. The summed E-state index contributed by atoms with van der Waals surface area (Å²) in [6.07, 6.45) is 1.16. The van der Waals surface area contributed by atoms with E-state index in [9.17, 15) is 24.4 Å². The average Bonchev–Trinajstić information content (AvgIpc) is 2.99. The quantitative estimate of drug-likeness (QED) is 0.404. The number of quaternary nitrogens is 1. The van der Waals surface area contributed by atoms with Crippen molar-refractivity contribution in [1.82, 2.24) is 10.2 Å². The Morgan fingerprint density at radius 3 is 2.52 bits per heavy atom. The van der Waals surface area contributed by atoms with Crippen LogP contribution < -0.4 is 10.6 Å². The van der Waals surface area contributed by atoms with Crippen molar-refractivity contribution in [1.29, 1.82) is 0 Å². The van der Waals surface area contributed by atoms with Crippen LogP contribution in [0.4, 0.5) is 10.5 Å². The highest BCUT2D eigenvalue weighted by atomic mass is 16.6. The molecule has 33 heavy (non-hydrogen) atoms. The zero-order chi connectivity index (χ0) is 24.0. The number of ether oxygens (including phenoxy) is 1. The van der Waals surface area contributed by atoms with Gasteiger partial charge in [-0.1, -0.05) is 6.07 Å². The monoisotopic (exact) mass is 458 g/mol. The molecule has 0 aromatic heterocycles. The van der Waals surface area contributed by atoms with Crippen LogP contribution in [0.2, 0.25) is 0 Å². The van der Waals surface area contributed by atoms with Gasteiger partial charge in [-0.15, -0.1) is 0 Å². The number of benzene rings is 1. The van der Waals surface area contributed by atoms with E-state index in [0.29, 0.717) is 42.7 Å². The number of fused-ring (bicyclic) bond motifs is 1. The number of imide groups is 1. The van der Waals surface area contributed by atoms with Gasteiger partial charge in [0.25, 0.3) is 5.91 Å². The SMILES string of the molecule is CC(C)(C)OC(=O)N1CCC(Nc2cccc3c2C[N+]([O-])(C2CCC(=O)NC2=O)C3=O)CC1. The molecule has 2 fully saturated rings. The molecule has 3 aliphatic heterocycles. The summed E-state index contributed by atoms with van der Waals surface area (Å²) in [4.78, 5) is 50.8. The number of hydroxylamine groups is 3. The van der Waals surface area contributed by atoms with Crippen LogP contribution in [0, 0.1) is 5.21 Å². The van der Waals surface area contributed by atoms with Crippen LogP contribution in [-0.4, -0.2) is 64.1 Å². The second-order valence-electron chi connectivity index (χ2n) is 9.94. The highest BCUT2D eigenvalue weighted by Gasteiger charge is 2.50. The van der Waals surface area contributed by atoms with Gasteiger partial charge in [0.2, 0.25) is 5.91 Å². The summed E-state index contributed by atoms with van der Waals surface area (Å²) in [5.41, 5.74) is 1.05. The smallest absolute Gasteiger partial charge is 0.410 e. The minimum atomic E-state index is -1.30. The highest BCUT2D eigenvalue weighted by molar-refractivity contribution is 6.02. The molecule has 2 atom stereocenters. The molecule has 10 nitrogen and oxygen atoms in total. The fraction of sp³-hybridized carbons (Fsp3) is 0.565. The van der Waals surface area contributed by atoms with Crippen LogP contribution in [0.15, 0.2) is 18.2 Å². The molecular weight excluding hydrogens is 428 g/mol. The highest BCUT2D eigenvalue weighted by Crippen LogP contribution is 2.38. The molecular formula is C23H30N4O6. The molecule has 0 saturated carbocycles. The summed E-state index contributed by atoms with van der Waals surface area (Å²) in [6, 6.07) is 4.08. The van der Waals surface area contributed by atoms with E-state index >= 15 is 0 Å². The molecule has 1 aromatic rings. The zero-order valence-corrected chi connectivity index (χ0v) is 19.2. The van der Waals surface area contributed by atoms with E-state index in [-0.39, 0.29) is 31.5 Å². The van der Waals surface area contributed by atoms with Crippen LogP contribution in [0.1, 0.15) is 62.4 Å². The van der Waals surface area contributed by atoms with Crippen molar-refractivity contribution >= 4 is 29.5 Å². The number of carbonyl (C=O) groups is 4. The van der Waals surface area contributed by atoms with Crippen molar-refractivity contribution in [3.8, 4) is 0 Å². The third kappa shape index (κ3) is 4.58. The first-order valence-electron chi connectivity index (χ1n) is 11.3. The number of amides is 4. The molecule has 0 radical (unpaired) electrons. The van der Waals surface area contributed by atoms with E-state index in [0.717, 1.165) is 0 Å². The standard InChI is InChI=1S/C23H30N4O6/c1-23(2,3)33-22(31)26-11-9-14(10-12-26)24-17-6-4-5-15-16(17)13-27(32,21(15)30)18-7-8-19(28)25-20(18)29/h4-6,14,18,24H,7-13H2,1-3H3,(H,25,28,29). The molecule has 4 rings (SSSR count). The van der Waals surface area contributed by atoms with Gasteiger partial charge < -0.3 is 20.2 Å². The van der Waals surface area contributed by atoms with E-state index in [1.807, 2.05) is 26.8 Å². The zero-order valence-electron chi connectivity index (χ0n) is 19.2. The summed E-state index contributed by atoms with van der Waals surface area (Å²) in [6.45, 7) is 6.43. The number of carbonyl (C=O) groups excluding carboxylic acids is 4. The lowest BCUT2D eigenvalue weighted by molar-refractivity contribution is -0.825. The number of hydrogen-bond acceptors (Lipinski definition) is 7. The molecule has 178 valence electrons. The first-order chi connectivity index (χ1) is 15.5. The first kappa shape index (κ1) is 23.2. The van der Waals surface area contributed by atoms with Crippen molar-refractivity contribution in [3.05, 3.63) is 34.5 Å². The summed E-state index contributed by atoms with van der Waals surface area (Å²) in [7, 11) is 0. The third-order valence-electron chi connectivity index (χ3n) is 6.36. The molecule has 2 unspecified atom stereocenters. The predicted molar refractivity (Wildman–Crippen MR) is 119 cm³/mol. The predicted octanol–water partition coefficient (Wildman–Crippen LogP) is 2.27. The van der Waals surface area contributed by atoms with Gasteiger partial charge in [-0.3, -0.25) is 19.6 Å². The third-order valence-corrected chi connectivity index (χ3v) is 6.36. The second kappa shape index (κ2) is 8.42. The van der Waals surface area contributed by atoms with Crippen molar-refractivity contribution < 1.29 is 28.6 Å². The summed E-state index contributed by atoms with van der Waals surface area (Å²) in [5, 5.41) is 19.2.